The number of amides is 3. The second-order valence-electron chi connectivity index (χ2n) is 6.40. The van der Waals surface area contributed by atoms with Crippen LogP contribution >= 0.6 is 0 Å². The molecule has 0 N–H and O–H groups in total. The lowest BCUT2D eigenvalue weighted by atomic mass is 10.1. The Morgan fingerprint density at radius 1 is 1.15 bits per heavy atom. The van der Waals surface area contributed by atoms with Gasteiger partial charge in [-0.05, 0) is 29.3 Å². The molecule has 2 aromatic carbocycles. The smallest absolute Gasteiger partial charge is 0.417 e. The molecule has 0 aliphatic carbocycles. The summed E-state index contributed by atoms with van der Waals surface area (Å²) in [7, 11) is 0. The number of nitrogens with zero attached hydrogens (tertiary/aromatic N) is 2. The Bertz CT molecular complexity index is 865. The SMILES string of the molecule is O=C(COc1ccc2ccccc2c1)N1CCC(N2C(=O)COC2=O)C1. The maximum atomic E-state index is 12.4. The largest absolute Gasteiger partial charge is 0.484 e. The first-order valence-corrected chi connectivity index (χ1v) is 8.50. The van der Waals surface area contributed by atoms with Crippen molar-refractivity contribution < 1.29 is 23.9 Å². The molecule has 1 unspecified atom stereocenters. The fraction of sp³-hybridized carbons (Fsp3) is 0.316. The zero-order valence-corrected chi connectivity index (χ0v) is 14.1. The number of carbonyl (C=O) groups is 3. The molecule has 134 valence electrons. The Labute approximate surface area is 150 Å². The normalized spacial score (nSPS) is 19.9. The van der Waals surface area contributed by atoms with Crippen LogP contribution in [-0.4, -0.2) is 60.1 Å². The zero-order chi connectivity index (χ0) is 18.1. The average molecular weight is 354 g/mol. The Morgan fingerprint density at radius 2 is 1.96 bits per heavy atom. The van der Waals surface area contributed by atoms with E-state index >= 15 is 0 Å². The summed E-state index contributed by atoms with van der Waals surface area (Å²) in [5.74, 6) is 0.119. The Hall–Kier alpha value is -3.09. The summed E-state index contributed by atoms with van der Waals surface area (Å²) in [4.78, 5) is 38.5. The van der Waals surface area contributed by atoms with Crippen LogP contribution in [0.5, 0.6) is 5.75 Å². The van der Waals surface area contributed by atoms with E-state index in [1.807, 2.05) is 42.5 Å². The van der Waals surface area contributed by atoms with Gasteiger partial charge in [-0.15, -0.1) is 0 Å². The third kappa shape index (κ3) is 3.08. The maximum Gasteiger partial charge on any atom is 0.417 e. The number of carbonyl (C=O) groups excluding carboxylic acids is 3. The van der Waals surface area contributed by atoms with Gasteiger partial charge in [-0.3, -0.25) is 9.59 Å². The minimum Gasteiger partial charge on any atom is -0.484 e. The van der Waals surface area contributed by atoms with Crippen LogP contribution < -0.4 is 4.74 Å². The molecule has 2 aromatic rings. The molecule has 1 atom stereocenters. The average Bonchev–Trinajstić information content (AvgIpc) is 3.26. The first kappa shape index (κ1) is 16.4. The highest BCUT2D eigenvalue weighted by Crippen LogP contribution is 2.22. The molecule has 0 aromatic heterocycles. The lowest BCUT2D eigenvalue weighted by Gasteiger charge is -2.20. The minimum atomic E-state index is -0.623. The van der Waals surface area contributed by atoms with Gasteiger partial charge in [0.05, 0.1) is 6.04 Å². The van der Waals surface area contributed by atoms with E-state index < -0.39 is 6.09 Å². The molecule has 0 saturated carbocycles. The predicted molar refractivity (Wildman–Crippen MR) is 92.6 cm³/mol. The summed E-state index contributed by atoms with van der Waals surface area (Å²) in [6.45, 7) is 0.514. The van der Waals surface area contributed by atoms with Crippen molar-refractivity contribution in [3.05, 3.63) is 42.5 Å². The molecule has 2 fully saturated rings. The highest BCUT2D eigenvalue weighted by Gasteiger charge is 2.41. The van der Waals surface area contributed by atoms with E-state index in [1.165, 1.54) is 0 Å². The highest BCUT2D eigenvalue weighted by atomic mass is 16.6. The van der Waals surface area contributed by atoms with E-state index in [0.29, 0.717) is 25.3 Å². The van der Waals surface area contributed by atoms with E-state index in [1.54, 1.807) is 4.90 Å². The van der Waals surface area contributed by atoms with Crippen LogP contribution in [0.15, 0.2) is 42.5 Å². The van der Waals surface area contributed by atoms with Gasteiger partial charge in [0.2, 0.25) is 0 Å². The van der Waals surface area contributed by atoms with Gasteiger partial charge in [0.1, 0.15) is 5.75 Å². The molecule has 7 nitrogen and oxygen atoms in total. The topological polar surface area (TPSA) is 76.2 Å². The predicted octanol–water partition coefficient (Wildman–Crippen LogP) is 1.80. The van der Waals surface area contributed by atoms with Crippen LogP contribution in [0, 0.1) is 0 Å². The van der Waals surface area contributed by atoms with Crippen molar-refractivity contribution in [2.45, 2.75) is 12.5 Å². The summed E-state index contributed by atoms with van der Waals surface area (Å²) in [6, 6.07) is 13.3. The van der Waals surface area contributed by atoms with Crippen molar-refractivity contribution in [1.82, 2.24) is 9.80 Å². The summed E-state index contributed by atoms with van der Waals surface area (Å²) in [5.41, 5.74) is 0. The van der Waals surface area contributed by atoms with Crippen LogP contribution in [0.25, 0.3) is 10.8 Å². The van der Waals surface area contributed by atoms with Crippen LogP contribution in [-0.2, 0) is 14.3 Å². The molecule has 0 spiro atoms. The van der Waals surface area contributed by atoms with Gasteiger partial charge in [-0.25, -0.2) is 9.69 Å². The first-order chi connectivity index (χ1) is 12.6. The lowest BCUT2D eigenvalue weighted by Crippen LogP contribution is -2.42. The number of hydrogen-bond donors (Lipinski definition) is 0. The number of fused-ring (bicyclic) bond motifs is 1. The molecule has 4 rings (SSSR count). The summed E-state index contributed by atoms with van der Waals surface area (Å²) in [6.07, 6.45) is -0.0653. The van der Waals surface area contributed by atoms with Crippen LogP contribution in [0.2, 0.25) is 0 Å². The van der Waals surface area contributed by atoms with E-state index in [-0.39, 0.29) is 31.1 Å². The van der Waals surface area contributed by atoms with E-state index in [0.717, 1.165) is 15.7 Å². The molecule has 7 heteroatoms. The molecule has 2 aliphatic heterocycles. The molecule has 0 radical (unpaired) electrons. The number of rotatable bonds is 4. The monoisotopic (exact) mass is 354 g/mol. The quantitative estimate of drug-likeness (QED) is 0.837. The van der Waals surface area contributed by atoms with Gasteiger partial charge < -0.3 is 14.4 Å². The lowest BCUT2D eigenvalue weighted by molar-refractivity contribution is -0.133. The Kier molecular flexibility index (Phi) is 4.20. The Balaban J connectivity index is 1.35. The molecule has 2 aliphatic rings. The summed E-state index contributed by atoms with van der Waals surface area (Å²) < 4.78 is 10.4. The number of likely N-dealkylation sites (tertiary alicyclic amines) is 1. The first-order valence-electron chi connectivity index (χ1n) is 8.50. The molecule has 0 bridgehead atoms. The standard InChI is InChI=1S/C19H18N2O5/c22-17(11-25-16-6-5-13-3-1-2-4-14(13)9-16)20-8-7-15(10-20)21-18(23)12-26-19(21)24/h1-6,9,15H,7-8,10-12H2. The second-order valence-corrected chi connectivity index (χ2v) is 6.40. The van der Waals surface area contributed by atoms with E-state index in [2.05, 4.69) is 0 Å². The fourth-order valence-electron chi connectivity index (χ4n) is 3.39. The minimum absolute atomic E-state index is 0.0799. The molecule has 2 heterocycles. The van der Waals surface area contributed by atoms with Crippen molar-refractivity contribution in [1.29, 1.82) is 0 Å². The van der Waals surface area contributed by atoms with Crippen LogP contribution in [0.3, 0.4) is 0 Å². The van der Waals surface area contributed by atoms with Gasteiger partial charge in [0.15, 0.2) is 13.2 Å². The maximum absolute atomic E-state index is 12.4. The van der Waals surface area contributed by atoms with Crippen molar-refractivity contribution in [2.75, 3.05) is 26.3 Å². The third-order valence-electron chi connectivity index (χ3n) is 4.75. The zero-order valence-electron chi connectivity index (χ0n) is 14.1. The fourth-order valence-corrected chi connectivity index (χ4v) is 3.39. The van der Waals surface area contributed by atoms with Gasteiger partial charge in [0.25, 0.3) is 11.8 Å². The molecule has 3 amide bonds. The van der Waals surface area contributed by atoms with Crippen molar-refractivity contribution in [3.63, 3.8) is 0 Å². The molecular formula is C19H18N2O5. The highest BCUT2D eigenvalue weighted by molar-refractivity contribution is 5.98. The molecular weight excluding hydrogens is 336 g/mol. The van der Waals surface area contributed by atoms with Crippen LogP contribution in [0.4, 0.5) is 4.79 Å². The molecule has 26 heavy (non-hydrogen) atoms. The van der Waals surface area contributed by atoms with Gasteiger partial charge >= 0.3 is 6.09 Å². The van der Waals surface area contributed by atoms with Gasteiger partial charge in [-0.2, -0.15) is 0 Å². The van der Waals surface area contributed by atoms with Crippen molar-refractivity contribution in [3.8, 4) is 5.75 Å². The number of cyclic esters (lactones) is 1. The number of hydrogen-bond acceptors (Lipinski definition) is 5. The van der Waals surface area contributed by atoms with Gasteiger partial charge in [-0.1, -0.05) is 30.3 Å². The van der Waals surface area contributed by atoms with Crippen molar-refractivity contribution in [2.24, 2.45) is 0 Å². The summed E-state index contributed by atoms with van der Waals surface area (Å²) in [5, 5.41) is 2.15. The van der Waals surface area contributed by atoms with E-state index in [9.17, 15) is 14.4 Å². The molecule has 2 saturated heterocycles. The van der Waals surface area contributed by atoms with Crippen LogP contribution in [0.1, 0.15) is 6.42 Å². The number of imide groups is 1. The summed E-state index contributed by atoms with van der Waals surface area (Å²) >= 11 is 0. The second kappa shape index (κ2) is 6.67. The number of ether oxygens (including phenoxy) is 2. The van der Waals surface area contributed by atoms with Crippen molar-refractivity contribution >= 4 is 28.7 Å². The Morgan fingerprint density at radius 3 is 2.73 bits per heavy atom. The van der Waals surface area contributed by atoms with E-state index in [4.69, 9.17) is 9.47 Å². The number of benzene rings is 2. The van der Waals surface area contributed by atoms with Gasteiger partial charge in [0, 0.05) is 13.1 Å². The third-order valence-corrected chi connectivity index (χ3v) is 4.75.